The Morgan fingerprint density at radius 1 is 1.73 bits per heavy atom. The van der Waals surface area contributed by atoms with Crippen molar-refractivity contribution < 1.29 is 19.7 Å². The van der Waals surface area contributed by atoms with Crippen LogP contribution < -0.4 is 0 Å². The highest BCUT2D eigenvalue weighted by atomic mass is 16.5. The number of rotatable bonds is 3. The summed E-state index contributed by atoms with van der Waals surface area (Å²) in [5, 5.41) is 18.5. The molecule has 11 heavy (non-hydrogen) atoms. The number of hydrogen-bond donors (Lipinski definition) is 2. The third-order valence-electron chi connectivity index (χ3n) is 1.63. The number of methoxy groups -OCH3 is 1. The first kappa shape index (κ1) is 10.4. The molecule has 2 atom stereocenters. The van der Waals surface area contributed by atoms with Gasteiger partial charge in [0.1, 0.15) is 0 Å². The first-order valence-corrected chi connectivity index (χ1v) is 3.45. The maximum Gasteiger partial charge on any atom is 0.340 e. The fourth-order valence-electron chi connectivity index (χ4n) is 0.740. The van der Waals surface area contributed by atoms with Crippen molar-refractivity contribution in [2.24, 2.45) is 0 Å². The van der Waals surface area contributed by atoms with Crippen molar-refractivity contribution in [2.45, 2.75) is 32.0 Å². The monoisotopic (exact) mass is 162 g/mol. The van der Waals surface area contributed by atoms with E-state index < -0.39 is 17.7 Å². The van der Waals surface area contributed by atoms with Crippen LogP contribution in [0.2, 0.25) is 0 Å². The molecule has 2 N–H and O–H groups in total. The fourth-order valence-corrected chi connectivity index (χ4v) is 0.740. The molecule has 0 aliphatic rings. The lowest BCUT2D eigenvalue weighted by Crippen LogP contribution is -2.47. The Kier molecular flexibility index (Phi) is 3.48. The Hall–Kier alpha value is -0.610. The van der Waals surface area contributed by atoms with Gasteiger partial charge in [0.2, 0.25) is 0 Å². The second kappa shape index (κ2) is 3.69. The summed E-state index contributed by atoms with van der Waals surface area (Å²) in [7, 11) is 1.17. The maximum absolute atomic E-state index is 10.8. The summed E-state index contributed by atoms with van der Waals surface area (Å²) in [6.07, 6.45) is -0.766. The third kappa shape index (κ3) is 2.17. The maximum atomic E-state index is 10.8. The van der Waals surface area contributed by atoms with E-state index in [1.807, 2.05) is 0 Å². The van der Waals surface area contributed by atoms with Crippen molar-refractivity contribution in [3.05, 3.63) is 0 Å². The highest BCUT2D eigenvalue weighted by molar-refractivity contribution is 5.79. The van der Waals surface area contributed by atoms with Crippen LogP contribution in [0.25, 0.3) is 0 Å². The summed E-state index contributed by atoms with van der Waals surface area (Å²) < 4.78 is 4.29. The molecule has 0 unspecified atom stereocenters. The predicted molar refractivity (Wildman–Crippen MR) is 38.9 cm³/mol. The Morgan fingerprint density at radius 3 is 2.45 bits per heavy atom. The van der Waals surface area contributed by atoms with Crippen LogP contribution in [0.5, 0.6) is 0 Å². The molecule has 0 bridgehead atoms. The molecule has 0 saturated heterocycles. The van der Waals surface area contributed by atoms with Gasteiger partial charge in [-0.3, -0.25) is 0 Å². The van der Waals surface area contributed by atoms with Crippen molar-refractivity contribution >= 4 is 5.97 Å². The van der Waals surface area contributed by atoms with Crippen molar-refractivity contribution in [1.29, 1.82) is 0 Å². The Labute approximate surface area is 65.8 Å². The standard InChI is InChI=1S/C7H14O4/c1-4-5(8)7(2,10)6(9)11-3/h5,8,10H,4H2,1-3H3/t5-,7+/m1/s1. The van der Waals surface area contributed by atoms with Gasteiger partial charge >= 0.3 is 5.97 Å². The van der Waals surface area contributed by atoms with Crippen molar-refractivity contribution in [3.63, 3.8) is 0 Å². The van der Waals surface area contributed by atoms with E-state index in [4.69, 9.17) is 5.11 Å². The molecule has 4 nitrogen and oxygen atoms in total. The Morgan fingerprint density at radius 2 is 2.18 bits per heavy atom. The largest absolute Gasteiger partial charge is 0.467 e. The first-order chi connectivity index (χ1) is 4.96. The molecule has 0 radical (unpaired) electrons. The summed E-state index contributed by atoms with van der Waals surface area (Å²) in [5.41, 5.74) is -1.79. The topological polar surface area (TPSA) is 66.8 Å². The number of hydrogen-bond acceptors (Lipinski definition) is 4. The van der Waals surface area contributed by atoms with Crippen LogP contribution >= 0.6 is 0 Å². The third-order valence-corrected chi connectivity index (χ3v) is 1.63. The number of aliphatic hydroxyl groups is 2. The minimum absolute atomic E-state index is 0.308. The van der Waals surface area contributed by atoms with Gasteiger partial charge in [-0.2, -0.15) is 0 Å². The SMILES string of the molecule is CC[C@@H](O)[C@](C)(O)C(=O)OC. The summed E-state index contributed by atoms with van der Waals surface area (Å²) in [5.74, 6) is -0.813. The van der Waals surface area contributed by atoms with Crippen LogP contribution in [0, 0.1) is 0 Å². The molecule has 0 aliphatic carbocycles. The van der Waals surface area contributed by atoms with E-state index in [0.717, 1.165) is 0 Å². The fraction of sp³-hybridized carbons (Fsp3) is 0.857. The summed E-state index contributed by atoms with van der Waals surface area (Å²) >= 11 is 0. The molecule has 0 fully saturated rings. The van der Waals surface area contributed by atoms with E-state index in [2.05, 4.69) is 4.74 Å². The smallest absolute Gasteiger partial charge is 0.340 e. The molecule has 0 heterocycles. The lowest BCUT2D eigenvalue weighted by atomic mass is 9.97. The van der Waals surface area contributed by atoms with E-state index >= 15 is 0 Å². The van der Waals surface area contributed by atoms with Gasteiger partial charge in [-0.25, -0.2) is 4.79 Å². The highest BCUT2D eigenvalue weighted by Crippen LogP contribution is 2.14. The van der Waals surface area contributed by atoms with E-state index in [0.29, 0.717) is 6.42 Å². The zero-order valence-corrected chi connectivity index (χ0v) is 7.00. The Balaban J connectivity index is 4.31. The number of carbonyl (C=O) groups is 1. The lowest BCUT2D eigenvalue weighted by Gasteiger charge is -2.24. The molecule has 0 aromatic heterocycles. The molecule has 0 aromatic carbocycles. The van der Waals surface area contributed by atoms with Gasteiger partial charge in [0, 0.05) is 0 Å². The molecular formula is C7H14O4. The number of carbonyl (C=O) groups excluding carboxylic acids is 1. The lowest BCUT2D eigenvalue weighted by molar-refractivity contribution is -0.172. The van der Waals surface area contributed by atoms with Crippen LogP contribution in [0.4, 0.5) is 0 Å². The van der Waals surface area contributed by atoms with Crippen molar-refractivity contribution in [3.8, 4) is 0 Å². The molecule has 0 saturated carbocycles. The molecule has 0 aromatic rings. The van der Waals surface area contributed by atoms with E-state index in [1.165, 1.54) is 14.0 Å². The van der Waals surface area contributed by atoms with Gasteiger partial charge in [-0.1, -0.05) is 6.92 Å². The molecule has 66 valence electrons. The second-order valence-electron chi connectivity index (χ2n) is 2.56. The molecule has 0 rings (SSSR count). The number of ether oxygens (including phenoxy) is 1. The van der Waals surface area contributed by atoms with Crippen LogP contribution in [0.1, 0.15) is 20.3 Å². The molecule has 0 aliphatic heterocycles. The molecule has 0 amide bonds. The van der Waals surface area contributed by atoms with Gasteiger partial charge in [0.15, 0.2) is 5.60 Å². The quantitative estimate of drug-likeness (QED) is 0.558. The summed E-state index contributed by atoms with van der Waals surface area (Å²) in [6, 6.07) is 0. The summed E-state index contributed by atoms with van der Waals surface area (Å²) in [6.45, 7) is 2.90. The van der Waals surface area contributed by atoms with Gasteiger partial charge < -0.3 is 14.9 Å². The molecular weight excluding hydrogens is 148 g/mol. The van der Waals surface area contributed by atoms with Crippen LogP contribution in [0.15, 0.2) is 0 Å². The van der Waals surface area contributed by atoms with Crippen LogP contribution in [-0.4, -0.2) is 35.0 Å². The molecule has 4 heteroatoms. The van der Waals surface area contributed by atoms with E-state index in [9.17, 15) is 9.90 Å². The van der Waals surface area contributed by atoms with Gasteiger partial charge in [0.05, 0.1) is 13.2 Å². The van der Waals surface area contributed by atoms with Crippen molar-refractivity contribution in [2.75, 3.05) is 7.11 Å². The number of aliphatic hydroxyl groups excluding tert-OH is 1. The van der Waals surface area contributed by atoms with E-state index in [-0.39, 0.29) is 0 Å². The number of esters is 1. The second-order valence-corrected chi connectivity index (χ2v) is 2.56. The minimum atomic E-state index is -1.79. The van der Waals surface area contributed by atoms with E-state index in [1.54, 1.807) is 6.92 Å². The van der Waals surface area contributed by atoms with Crippen LogP contribution in [-0.2, 0) is 9.53 Å². The summed E-state index contributed by atoms with van der Waals surface area (Å²) in [4.78, 5) is 10.8. The zero-order valence-electron chi connectivity index (χ0n) is 7.00. The van der Waals surface area contributed by atoms with Gasteiger partial charge in [-0.05, 0) is 13.3 Å². The molecule has 0 spiro atoms. The van der Waals surface area contributed by atoms with Crippen molar-refractivity contribution in [1.82, 2.24) is 0 Å². The van der Waals surface area contributed by atoms with Gasteiger partial charge in [0.25, 0.3) is 0 Å². The average Bonchev–Trinajstić information content (AvgIpc) is 2.01. The highest BCUT2D eigenvalue weighted by Gasteiger charge is 2.38. The minimum Gasteiger partial charge on any atom is -0.467 e. The average molecular weight is 162 g/mol. The predicted octanol–water partition coefficient (Wildman–Crippen LogP) is -0.319. The Bertz CT molecular complexity index is 141. The van der Waals surface area contributed by atoms with Crippen LogP contribution in [0.3, 0.4) is 0 Å². The first-order valence-electron chi connectivity index (χ1n) is 3.45. The normalized spacial score (nSPS) is 18.6. The zero-order chi connectivity index (χ0) is 9.07. The van der Waals surface area contributed by atoms with Gasteiger partial charge in [-0.15, -0.1) is 0 Å².